The molecule has 4 nitrogen and oxygen atoms in total. The number of benzene rings is 1. The maximum absolute atomic E-state index is 13.2. The first kappa shape index (κ1) is 15.4. The predicted molar refractivity (Wildman–Crippen MR) is 64.9 cm³/mol. The molecular formula is C13H12F4N2O2. The molecule has 2 atom stereocenters. The molecule has 0 saturated heterocycles. The lowest BCUT2D eigenvalue weighted by molar-refractivity contribution is -0.210. The summed E-state index contributed by atoms with van der Waals surface area (Å²) in [6, 6.07) is 4.05. The first-order chi connectivity index (χ1) is 9.70. The number of hydrogen-bond donors (Lipinski definition) is 1. The minimum absolute atomic E-state index is 0.0364. The number of aromatic nitrogens is 2. The van der Waals surface area contributed by atoms with E-state index >= 15 is 0 Å². The molecule has 0 amide bonds. The van der Waals surface area contributed by atoms with Crippen LogP contribution in [-0.2, 0) is 0 Å². The fourth-order valence-electron chi connectivity index (χ4n) is 1.74. The molecule has 0 spiro atoms. The Balaban J connectivity index is 2.27. The molecule has 2 rings (SSSR count). The summed E-state index contributed by atoms with van der Waals surface area (Å²) in [6.45, 7) is 2.67. The Kier molecular flexibility index (Phi) is 3.99. The number of aliphatic hydroxyl groups is 1. The van der Waals surface area contributed by atoms with E-state index in [1.807, 2.05) is 0 Å². The van der Waals surface area contributed by atoms with Gasteiger partial charge in [-0.25, -0.2) is 4.39 Å². The topological polar surface area (TPSA) is 59.2 Å². The van der Waals surface area contributed by atoms with Crippen LogP contribution in [0.1, 0.15) is 24.3 Å². The first-order valence-corrected chi connectivity index (χ1v) is 6.05. The average molecular weight is 304 g/mol. The SMILES string of the molecule is Cc1cc(-c2noc(C(C)C(O)C(F)(F)F)n2)ccc1F. The van der Waals surface area contributed by atoms with Crippen molar-refractivity contribution in [2.45, 2.75) is 32.0 Å². The van der Waals surface area contributed by atoms with Crippen molar-refractivity contribution in [1.82, 2.24) is 10.1 Å². The van der Waals surface area contributed by atoms with Crippen LogP contribution >= 0.6 is 0 Å². The van der Waals surface area contributed by atoms with Crippen molar-refractivity contribution in [3.8, 4) is 11.4 Å². The highest BCUT2D eigenvalue weighted by atomic mass is 19.4. The third-order valence-electron chi connectivity index (χ3n) is 3.06. The molecule has 2 aromatic rings. The van der Waals surface area contributed by atoms with Crippen molar-refractivity contribution in [3.05, 3.63) is 35.5 Å². The van der Waals surface area contributed by atoms with Crippen LogP contribution in [0.25, 0.3) is 11.4 Å². The second-order valence-electron chi connectivity index (χ2n) is 4.70. The van der Waals surface area contributed by atoms with Crippen LogP contribution in [0.2, 0.25) is 0 Å². The lowest BCUT2D eigenvalue weighted by Gasteiger charge is -2.17. The molecule has 0 aliphatic carbocycles. The third kappa shape index (κ3) is 3.21. The van der Waals surface area contributed by atoms with Gasteiger partial charge in [-0.2, -0.15) is 18.2 Å². The maximum atomic E-state index is 13.2. The summed E-state index contributed by atoms with van der Waals surface area (Å²) in [6.07, 6.45) is -7.37. The normalized spacial score (nSPS) is 15.0. The smallest absolute Gasteiger partial charge is 0.383 e. The van der Waals surface area contributed by atoms with E-state index in [1.165, 1.54) is 25.1 Å². The summed E-state index contributed by atoms with van der Waals surface area (Å²) in [7, 11) is 0. The van der Waals surface area contributed by atoms with Gasteiger partial charge in [-0.15, -0.1) is 0 Å². The number of rotatable bonds is 3. The molecule has 8 heteroatoms. The lowest BCUT2D eigenvalue weighted by atomic mass is 10.0. The van der Waals surface area contributed by atoms with Crippen molar-refractivity contribution in [2.24, 2.45) is 0 Å². The van der Waals surface area contributed by atoms with E-state index < -0.39 is 24.0 Å². The van der Waals surface area contributed by atoms with Crippen molar-refractivity contribution < 1.29 is 27.2 Å². The van der Waals surface area contributed by atoms with Gasteiger partial charge in [0.1, 0.15) is 5.82 Å². The Morgan fingerprint density at radius 1 is 1.29 bits per heavy atom. The minimum atomic E-state index is -4.78. The first-order valence-electron chi connectivity index (χ1n) is 6.05. The Morgan fingerprint density at radius 3 is 2.52 bits per heavy atom. The molecular weight excluding hydrogens is 292 g/mol. The highest BCUT2D eigenvalue weighted by Crippen LogP contribution is 2.31. The highest BCUT2D eigenvalue weighted by molar-refractivity contribution is 5.55. The number of hydrogen-bond acceptors (Lipinski definition) is 4. The predicted octanol–water partition coefficient (Wildman–Crippen LogP) is 3.21. The number of aliphatic hydroxyl groups excluding tert-OH is 1. The minimum Gasteiger partial charge on any atom is -0.383 e. The largest absolute Gasteiger partial charge is 0.415 e. The molecule has 1 aromatic heterocycles. The fraction of sp³-hybridized carbons (Fsp3) is 0.385. The number of alkyl halides is 3. The second-order valence-corrected chi connectivity index (χ2v) is 4.70. The zero-order valence-corrected chi connectivity index (χ0v) is 11.1. The van der Waals surface area contributed by atoms with Gasteiger partial charge in [-0.05, 0) is 30.7 Å². The number of aryl methyl sites for hydroxylation is 1. The van der Waals surface area contributed by atoms with Gasteiger partial charge in [-0.3, -0.25) is 0 Å². The molecule has 1 N–H and O–H groups in total. The molecule has 0 fully saturated rings. The van der Waals surface area contributed by atoms with E-state index in [-0.39, 0.29) is 11.7 Å². The van der Waals surface area contributed by atoms with E-state index in [0.29, 0.717) is 11.1 Å². The maximum Gasteiger partial charge on any atom is 0.415 e. The molecule has 0 bridgehead atoms. The van der Waals surface area contributed by atoms with Crippen molar-refractivity contribution in [2.75, 3.05) is 0 Å². The lowest BCUT2D eigenvalue weighted by Crippen LogP contribution is -2.33. The van der Waals surface area contributed by atoms with Crippen molar-refractivity contribution in [3.63, 3.8) is 0 Å². The summed E-state index contributed by atoms with van der Waals surface area (Å²) < 4.78 is 55.2. The van der Waals surface area contributed by atoms with E-state index in [0.717, 1.165) is 6.92 Å². The van der Waals surface area contributed by atoms with Crippen molar-refractivity contribution in [1.29, 1.82) is 0 Å². The van der Waals surface area contributed by atoms with E-state index in [1.54, 1.807) is 0 Å². The zero-order valence-electron chi connectivity index (χ0n) is 11.1. The van der Waals surface area contributed by atoms with Gasteiger partial charge in [0.15, 0.2) is 6.10 Å². The molecule has 0 aliphatic rings. The van der Waals surface area contributed by atoms with Crippen LogP contribution in [0, 0.1) is 12.7 Å². The van der Waals surface area contributed by atoms with Gasteiger partial charge in [0, 0.05) is 5.56 Å². The van der Waals surface area contributed by atoms with Gasteiger partial charge in [0.05, 0.1) is 5.92 Å². The monoisotopic (exact) mass is 304 g/mol. The molecule has 21 heavy (non-hydrogen) atoms. The van der Waals surface area contributed by atoms with Gasteiger partial charge in [-0.1, -0.05) is 12.1 Å². The molecule has 2 unspecified atom stereocenters. The van der Waals surface area contributed by atoms with Crippen LogP contribution in [0.5, 0.6) is 0 Å². The van der Waals surface area contributed by atoms with E-state index in [4.69, 9.17) is 9.63 Å². The quantitative estimate of drug-likeness (QED) is 0.885. The van der Waals surface area contributed by atoms with Crippen molar-refractivity contribution >= 4 is 0 Å². The summed E-state index contributed by atoms with van der Waals surface area (Å²) in [5.41, 5.74) is 0.764. The number of halogens is 4. The van der Waals surface area contributed by atoms with E-state index in [2.05, 4.69) is 10.1 Å². The summed E-state index contributed by atoms with van der Waals surface area (Å²) >= 11 is 0. The molecule has 0 radical (unpaired) electrons. The van der Waals surface area contributed by atoms with Gasteiger partial charge >= 0.3 is 6.18 Å². The number of nitrogens with zero attached hydrogens (tertiary/aromatic N) is 2. The summed E-state index contributed by atoms with van der Waals surface area (Å²) in [4.78, 5) is 3.83. The molecule has 1 heterocycles. The fourth-order valence-corrected chi connectivity index (χ4v) is 1.74. The Morgan fingerprint density at radius 2 is 1.95 bits per heavy atom. The average Bonchev–Trinajstić information content (AvgIpc) is 2.88. The summed E-state index contributed by atoms with van der Waals surface area (Å²) in [5.74, 6) is -2.11. The van der Waals surface area contributed by atoms with Crippen LogP contribution in [0.15, 0.2) is 22.7 Å². The molecule has 1 aromatic carbocycles. The molecule has 0 aliphatic heterocycles. The van der Waals surface area contributed by atoms with Crippen LogP contribution in [0.3, 0.4) is 0 Å². The Hall–Kier alpha value is -1.96. The van der Waals surface area contributed by atoms with E-state index in [9.17, 15) is 17.6 Å². The van der Waals surface area contributed by atoms with Crippen LogP contribution in [0.4, 0.5) is 17.6 Å². The zero-order chi connectivity index (χ0) is 15.8. The highest BCUT2D eigenvalue weighted by Gasteiger charge is 2.44. The third-order valence-corrected chi connectivity index (χ3v) is 3.06. The molecule has 0 saturated carbocycles. The van der Waals surface area contributed by atoms with Crippen LogP contribution in [-0.4, -0.2) is 27.5 Å². The molecule has 114 valence electrons. The standard InChI is InChI=1S/C13H12F4N2O2/c1-6-5-8(3-4-9(6)14)11-18-12(21-19-11)7(2)10(20)13(15,16)17/h3-5,7,10,20H,1-2H3. The van der Waals surface area contributed by atoms with Gasteiger partial charge in [0.25, 0.3) is 0 Å². The van der Waals surface area contributed by atoms with Gasteiger partial charge < -0.3 is 9.63 Å². The Labute approximate surface area is 117 Å². The summed E-state index contributed by atoms with van der Waals surface area (Å²) in [5, 5.41) is 12.7. The van der Waals surface area contributed by atoms with Crippen LogP contribution < -0.4 is 0 Å². The van der Waals surface area contributed by atoms with Gasteiger partial charge in [0.2, 0.25) is 11.7 Å². The Bertz CT molecular complexity index is 639. The second kappa shape index (κ2) is 5.44.